The summed E-state index contributed by atoms with van der Waals surface area (Å²) in [4.78, 5) is 0. The molecule has 0 saturated carbocycles. The third-order valence-electron chi connectivity index (χ3n) is 2.76. The second-order valence-corrected chi connectivity index (χ2v) is 6.00. The lowest BCUT2D eigenvalue weighted by molar-refractivity contribution is 0.415. The van der Waals surface area contributed by atoms with Crippen molar-refractivity contribution in [3.05, 3.63) is 24.3 Å². The van der Waals surface area contributed by atoms with Gasteiger partial charge in [-0.3, -0.25) is 4.57 Å². The minimum atomic E-state index is -3.92. The second kappa shape index (κ2) is 5.22. The van der Waals surface area contributed by atoms with Crippen molar-refractivity contribution in [2.75, 3.05) is 7.11 Å². The van der Waals surface area contributed by atoms with Crippen molar-refractivity contribution in [3.63, 3.8) is 0 Å². The van der Waals surface area contributed by atoms with E-state index in [1.807, 2.05) is 13.8 Å². The summed E-state index contributed by atoms with van der Waals surface area (Å²) in [5, 5.41) is 12.6. The maximum Gasteiger partial charge on any atom is 0.273 e. The van der Waals surface area contributed by atoms with E-state index in [1.54, 1.807) is 31.4 Å². The van der Waals surface area contributed by atoms with Gasteiger partial charge in [-0.2, -0.15) is 0 Å². The molecule has 1 aromatic carbocycles. The lowest BCUT2D eigenvalue weighted by Gasteiger charge is -2.13. The van der Waals surface area contributed by atoms with Crippen LogP contribution in [-0.2, 0) is 10.0 Å². The first-order chi connectivity index (χ1) is 9.34. The third-order valence-corrected chi connectivity index (χ3v) is 3.55. The zero-order valence-electron chi connectivity index (χ0n) is 11.4. The van der Waals surface area contributed by atoms with E-state index in [-0.39, 0.29) is 11.2 Å². The van der Waals surface area contributed by atoms with E-state index in [2.05, 4.69) is 10.2 Å². The Morgan fingerprint density at radius 1 is 1.30 bits per heavy atom. The van der Waals surface area contributed by atoms with Crippen LogP contribution in [0, 0.1) is 0 Å². The van der Waals surface area contributed by atoms with Crippen LogP contribution < -0.4 is 9.88 Å². The van der Waals surface area contributed by atoms with Crippen LogP contribution in [0.2, 0.25) is 0 Å². The van der Waals surface area contributed by atoms with Gasteiger partial charge in [0.25, 0.3) is 15.2 Å². The smallest absolute Gasteiger partial charge is 0.273 e. The molecule has 8 heteroatoms. The molecular formula is C12H16N4O3S. The molecule has 0 aliphatic rings. The van der Waals surface area contributed by atoms with Gasteiger partial charge in [0, 0.05) is 11.6 Å². The lowest BCUT2D eigenvalue weighted by Crippen LogP contribution is -2.20. The highest BCUT2D eigenvalue weighted by Crippen LogP contribution is 2.26. The molecule has 2 rings (SSSR count). The number of aromatic nitrogens is 3. The fraction of sp³-hybridized carbons (Fsp3) is 0.333. The Morgan fingerprint density at radius 3 is 2.55 bits per heavy atom. The average Bonchev–Trinajstić information content (AvgIpc) is 2.83. The number of hydrogen-bond donors (Lipinski definition) is 1. The molecule has 0 spiro atoms. The highest BCUT2D eigenvalue weighted by molar-refractivity contribution is 7.89. The Morgan fingerprint density at radius 2 is 2.00 bits per heavy atom. The van der Waals surface area contributed by atoms with Gasteiger partial charge in [-0.15, -0.1) is 10.2 Å². The normalized spacial score (nSPS) is 11.8. The Kier molecular flexibility index (Phi) is 3.78. The molecule has 0 aliphatic carbocycles. The fourth-order valence-electron chi connectivity index (χ4n) is 1.90. The number of ether oxygens (including phenoxy) is 1. The van der Waals surface area contributed by atoms with Gasteiger partial charge in [-0.25, -0.2) is 13.6 Å². The van der Waals surface area contributed by atoms with Gasteiger partial charge >= 0.3 is 0 Å². The minimum Gasteiger partial charge on any atom is -0.497 e. The lowest BCUT2D eigenvalue weighted by atomic mass is 10.2. The van der Waals surface area contributed by atoms with Crippen molar-refractivity contribution in [2.24, 2.45) is 5.14 Å². The standard InChI is InChI=1S/C12H16N4O3S/c1-8(2)16-11(14-15-12(16)20(13,17)18)9-5-4-6-10(7-9)19-3/h4-8H,1-3H3,(H2,13,17,18). The minimum absolute atomic E-state index is 0.153. The van der Waals surface area contributed by atoms with E-state index in [0.717, 1.165) is 0 Å². The van der Waals surface area contributed by atoms with Gasteiger partial charge in [-0.05, 0) is 26.0 Å². The largest absolute Gasteiger partial charge is 0.497 e. The maximum atomic E-state index is 11.6. The molecule has 7 nitrogen and oxygen atoms in total. The van der Waals surface area contributed by atoms with Crippen molar-refractivity contribution >= 4 is 10.0 Å². The number of sulfonamides is 1. The molecule has 20 heavy (non-hydrogen) atoms. The predicted molar refractivity (Wildman–Crippen MR) is 73.8 cm³/mol. The molecule has 0 bridgehead atoms. The number of primary sulfonamides is 1. The van der Waals surface area contributed by atoms with Crippen LogP contribution in [0.4, 0.5) is 0 Å². The molecule has 0 atom stereocenters. The predicted octanol–water partition coefficient (Wildman–Crippen LogP) is 1.18. The molecule has 1 heterocycles. The summed E-state index contributed by atoms with van der Waals surface area (Å²) in [6, 6.07) is 7.00. The van der Waals surface area contributed by atoms with Crippen LogP contribution in [-0.4, -0.2) is 30.3 Å². The zero-order valence-corrected chi connectivity index (χ0v) is 12.3. The molecule has 0 unspecified atom stereocenters. The van der Waals surface area contributed by atoms with Crippen molar-refractivity contribution in [3.8, 4) is 17.1 Å². The Labute approximate surface area is 117 Å². The molecule has 0 saturated heterocycles. The number of rotatable bonds is 4. The molecule has 0 amide bonds. The van der Waals surface area contributed by atoms with Crippen LogP contribution in [0.3, 0.4) is 0 Å². The quantitative estimate of drug-likeness (QED) is 0.913. The van der Waals surface area contributed by atoms with Gasteiger partial charge in [-0.1, -0.05) is 12.1 Å². The van der Waals surface area contributed by atoms with Crippen molar-refractivity contribution in [1.29, 1.82) is 0 Å². The van der Waals surface area contributed by atoms with Crippen molar-refractivity contribution in [2.45, 2.75) is 25.0 Å². The Hall–Kier alpha value is -1.93. The number of benzene rings is 1. The number of nitrogens with two attached hydrogens (primary N) is 1. The topological polar surface area (TPSA) is 100 Å². The molecule has 2 aromatic rings. The second-order valence-electron chi connectivity index (χ2n) is 4.55. The monoisotopic (exact) mass is 296 g/mol. The van der Waals surface area contributed by atoms with E-state index < -0.39 is 10.0 Å². The number of hydrogen-bond acceptors (Lipinski definition) is 5. The van der Waals surface area contributed by atoms with E-state index in [4.69, 9.17) is 9.88 Å². The van der Waals surface area contributed by atoms with E-state index in [9.17, 15) is 8.42 Å². The summed E-state index contributed by atoms with van der Waals surface area (Å²) in [6.07, 6.45) is 0. The Balaban J connectivity index is 2.66. The van der Waals surface area contributed by atoms with E-state index >= 15 is 0 Å². The van der Waals surface area contributed by atoms with E-state index in [1.165, 1.54) is 4.57 Å². The maximum absolute atomic E-state index is 11.6. The van der Waals surface area contributed by atoms with Gasteiger partial charge in [0.1, 0.15) is 5.75 Å². The summed E-state index contributed by atoms with van der Waals surface area (Å²) in [5.74, 6) is 1.08. The van der Waals surface area contributed by atoms with Gasteiger partial charge in [0.15, 0.2) is 5.82 Å². The summed E-state index contributed by atoms with van der Waals surface area (Å²) in [6.45, 7) is 3.67. The number of nitrogens with zero attached hydrogens (tertiary/aromatic N) is 3. The highest BCUT2D eigenvalue weighted by Gasteiger charge is 2.23. The zero-order chi connectivity index (χ0) is 14.9. The molecule has 108 valence electrons. The average molecular weight is 296 g/mol. The van der Waals surface area contributed by atoms with Gasteiger partial charge in [0.2, 0.25) is 0 Å². The van der Waals surface area contributed by atoms with Crippen LogP contribution in [0.25, 0.3) is 11.4 Å². The van der Waals surface area contributed by atoms with Crippen molar-refractivity contribution < 1.29 is 13.2 Å². The van der Waals surface area contributed by atoms with E-state index in [0.29, 0.717) is 17.1 Å². The highest BCUT2D eigenvalue weighted by atomic mass is 32.2. The van der Waals surface area contributed by atoms with Crippen molar-refractivity contribution in [1.82, 2.24) is 14.8 Å². The summed E-state index contributed by atoms with van der Waals surface area (Å²) in [7, 11) is -2.37. The summed E-state index contributed by atoms with van der Waals surface area (Å²) in [5.41, 5.74) is 0.709. The van der Waals surface area contributed by atoms with Crippen LogP contribution in [0.1, 0.15) is 19.9 Å². The van der Waals surface area contributed by atoms with Gasteiger partial charge < -0.3 is 4.74 Å². The first kappa shape index (κ1) is 14.5. The molecule has 0 aliphatic heterocycles. The molecule has 0 fully saturated rings. The first-order valence-electron chi connectivity index (χ1n) is 5.96. The van der Waals surface area contributed by atoms with Crippen LogP contribution >= 0.6 is 0 Å². The molecule has 1 aromatic heterocycles. The molecule has 2 N–H and O–H groups in total. The van der Waals surface area contributed by atoms with Gasteiger partial charge in [0.05, 0.1) is 7.11 Å². The third kappa shape index (κ3) is 2.66. The summed E-state index contributed by atoms with van der Waals surface area (Å²) < 4.78 is 29.8. The summed E-state index contributed by atoms with van der Waals surface area (Å²) >= 11 is 0. The Bertz CT molecular complexity index is 722. The fourth-order valence-corrected chi connectivity index (χ4v) is 2.62. The van der Waals surface area contributed by atoms with Crippen LogP contribution in [0.5, 0.6) is 5.75 Å². The van der Waals surface area contributed by atoms with Crippen LogP contribution in [0.15, 0.2) is 29.4 Å². The number of methoxy groups -OCH3 is 1. The first-order valence-corrected chi connectivity index (χ1v) is 7.51. The molecular weight excluding hydrogens is 280 g/mol. The molecule has 0 radical (unpaired) electrons. The SMILES string of the molecule is COc1cccc(-c2nnc(S(N)(=O)=O)n2C(C)C)c1.